The van der Waals surface area contributed by atoms with Crippen LogP contribution >= 0.6 is 0 Å². The Morgan fingerprint density at radius 3 is 2.68 bits per heavy atom. The molecule has 8 heteroatoms. The maximum atomic E-state index is 13.5. The molecule has 0 saturated heterocycles. The fraction of sp³-hybridized carbons (Fsp3) is 0.182. The molecule has 0 atom stereocenters. The van der Waals surface area contributed by atoms with Gasteiger partial charge in [0, 0.05) is 6.07 Å². The molecule has 0 radical (unpaired) electrons. The van der Waals surface area contributed by atoms with Crippen LogP contribution in [0.15, 0.2) is 29.3 Å². The molecule has 1 heterocycles. The van der Waals surface area contributed by atoms with Crippen LogP contribution in [0, 0.1) is 12.7 Å². The summed E-state index contributed by atoms with van der Waals surface area (Å²) in [6, 6.07) is 3.80. The van der Waals surface area contributed by atoms with Crippen molar-refractivity contribution in [3.63, 3.8) is 0 Å². The number of nitrogens with one attached hydrogen (secondary N) is 2. The van der Waals surface area contributed by atoms with Crippen LogP contribution in [0.1, 0.15) is 5.69 Å². The van der Waals surface area contributed by atoms with Gasteiger partial charge in [0.15, 0.2) is 11.6 Å². The van der Waals surface area contributed by atoms with Gasteiger partial charge in [0.05, 0.1) is 24.7 Å². The van der Waals surface area contributed by atoms with E-state index >= 15 is 0 Å². The number of aromatic amines is 1. The largest absolute Gasteiger partial charge is 0.494 e. The van der Waals surface area contributed by atoms with E-state index in [1.165, 1.54) is 25.4 Å². The minimum Gasteiger partial charge on any atom is -0.494 e. The second-order valence-corrected chi connectivity index (χ2v) is 5.46. The van der Waals surface area contributed by atoms with Gasteiger partial charge in [0.1, 0.15) is 4.90 Å². The summed E-state index contributed by atoms with van der Waals surface area (Å²) in [5.74, 6) is -0.603. The zero-order valence-electron chi connectivity index (χ0n) is 10.3. The van der Waals surface area contributed by atoms with Crippen LogP contribution in [-0.4, -0.2) is 25.7 Å². The Labute approximate surface area is 109 Å². The smallest absolute Gasteiger partial charge is 0.265 e. The van der Waals surface area contributed by atoms with Crippen molar-refractivity contribution >= 4 is 15.7 Å². The number of H-pyrrole nitrogens is 1. The van der Waals surface area contributed by atoms with E-state index in [-0.39, 0.29) is 16.3 Å². The van der Waals surface area contributed by atoms with Crippen LogP contribution in [0.2, 0.25) is 0 Å². The molecule has 2 aromatic rings. The second kappa shape index (κ2) is 4.88. The van der Waals surface area contributed by atoms with Gasteiger partial charge in [0.25, 0.3) is 10.0 Å². The molecular formula is C11H12FN3O3S. The molecule has 19 heavy (non-hydrogen) atoms. The predicted octanol–water partition coefficient (Wildman–Crippen LogP) is 1.67. The van der Waals surface area contributed by atoms with Crippen molar-refractivity contribution < 1.29 is 17.5 Å². The van der Waals surface area contributed by atoms with Crippen LogP contribution in [0.4, 0.5) is 10.1 Å². The molecule has 2 rings (SSSR count). The molecule has 0 aliphatic heterocycles. The summed E-state index contributed by atoms with van der Waals surface area (Å²) < 4.78 is 44.5. The quantitative estimate of drug-likeness (QED) is 0.895. The minimum absolute atomic E-state index is 0.0173. The van der Waals surface area contributed by atoms with E-state index in [0.29, 0.717) is 5.69 Å². The summed E-state index contributed by atoms with van der Waals surface area (Å²) in [4.78, 5) is 0.0173. The Morgan fingerprint density at radius 2 is 2.16 bits per heavy atom. The lowest BCUT2D eigenvalue weighted by Crippen LogP contribution is -2.13. The molecule has 0 bridgehead atoms. The molecule has 0 aliphatic rings. The number of sulfonamides is 1. The number of rotatable bonds is 4. The fourth-order valence-electron chi connectivity index (χ4n) is 1.55. The summed E-state index contributed by atoms with van der Waals surface area (Å²) in [6.07, 6.45) is 1.19. The highest BCUT2D eigenvalue weighted by Gasteiger charge is 2.19. The van der Waals surface area contributed by atoms with Gasteiger partial charge in [-0.15, -0.1) is 0 Å². The average Bonchev–Trinajstić information content (AvgIpc) is 2.76. The number of hydrogen-bond donors (Lipinski definition) is 2. The SMILES string of the molecule is COc1ccc(NS(=O)(=O)c2cn[nH]c2C)cc1F. The highest BCUT2D eigenvalue weighted by Crippen LogP contribution is 2.23. The van der Waals surface area contributed by atoms with Crippen molar-refractivity contribution in [2.45, 2.75) is 11.8 Å². The van der Waals surface area contributed by atoms with Crippen LogP contribution in [0.25, 0.3) is 0 Å². The zero-order valence-corrected chi connectivity index (χ0v) is 11.1. The van der Waals surface area contributed by atoms with Gasteiger partial charge in [0.2, 0.25) is 0 Å². The fourth-order valence-corrected chi connectivity index (χ4v) is 2.74. The Morgan fingerprint density at radius 1 is 1.42 bits per heavy atom. The standard InChI is InChI=1S/C11H12FN3O3S/c1-7-11(6-13-14-7)19(16,17)15-8-3-4-10(18-2)9(12)5-8/h3-6,15H,1-2H3,(H,13,14). The second-order valence-electron chi connectivity index (χ2n) is 3.81. The highest BCUT2D eigenvalue weighted by atomic mass is 32.2. The summed E-state index contributed by atoms with van der Waals surface area (Å²) in [6.45, 7) is 1.58. The summed E-state index contributed by atoms with van der Waals surface area (Å²) in [7, 11) is -2.46. The topological polar surface area (TPSA) is 84.1 Å². The molecular weight excluding hydrogens is 273 g/mol. The maximum Gasteiger partial charge on any atom is 0.265 e. The molecule has 0 fully saturated rings. The van der Waals surface area contributed by atoms with Crippen molar-refractivity contribution in [1.29, 1.82) is 0 Å². The normalized spacial score (nSPS) is 11.3. The average molecular weight is 285 g/mol. The molecule has 1 aromatic heterocycles. The highest BCUT2D eigenvalue weighted by molar-refractivity contribution is 7.92. The third-order valence-corrected chi connectivity index (χ3v) is 3.97. The lowest BCUT2D eigenvalue weighted by molar-refractivity contribution is 0.386. The number of ether oxygens (including phenoxy) is 1. The molecule has 1 aromatic carbocycles. The number of aromatic nitrogens is 2. The van der Waals surface area contributed by atoms with Crippen molar-refractivity contribution in [2.24, 2.45) is 0 Å². The molecule has 0 spiro atoms. The molecule has 102 valence electrons. The molecule has 0 saturated carbocycles. The van der Waals surface area contributed by atoms with Crippen molar-refractivity contribution in [3.8, 4) is 5.75 Å². The Bertz CT molecular complexity index is 697. The number of hydrogen-bond acceptors (Lipinski definition) is 4. The monoisotopic (exact) mass is 285 g/mol. The number of halogens is 1. The van der Waals surface area contributed by atoms with Crippen molar-refractivity contribution in [1.82, 2.24) is 10.2 Å². The van der Waals surface area contributed by atoms with Gasteiger partial charge >= 0.3 is 0 Å². The lowest BCUT2D eigenvalue weighted by Gasteiger charge is -2.08. The van der Waals surface area contributed by atoms with Crippen LogP contribution in [-0.2, 0) is 10.0 Å². The first kappa shape index (κ1) is 13.3. The number of benzene rings is 1. The van der Waals surface area contributed by atoms with E-state index < -0.39 is 15.8 Å². The summed E-state index contributed by atoms with van der Waals surface area (Å²) in [5, 5.41) is 6.16. The number of aryl methyl sites for hydroxylation is 1. The molecule has 2 N–H and O–H groups in total. The van der Waals surface area contributed by atoms with E-state index in [1.54, 1.807) is 6.92 Å². The van der Waals surface area contributed by atoms with Gasteiger partial charge in [-0.2, -0.15) is 5.10 Å². The third kappa shape index (κ3) is 2.68. The van der Waals surface area contributed by atoms with Gasteiger partial charge in [-0.05, 0) is 19.1 Å². The number of anilines is 1. The van der Waals surface area contributed by atoms with Gasteiger partial charge in [-0.1, -0.05) is 0 Å². The van der Waals surface area contributed by atoms with Gasteiger partial charge in [-0.3, -0.25) is 9.82 Å². The Balaban J connectivity index is 2.31. The third-order valence-electron chi connectivity index (χ3n) is 2.48. The van der Waals surface area contributed by atoms with Crippen molar-refractivity contribution in [3.05, 3.63) is 35.9 Å². The Kier molecular flexibility index (Phi) is 3.43. The Hall–Kier alpha value is -2.09. The minimum atomic E-state index is -3.79. The first-order valence-electron chi connectivity index (χ1n) is 5.30. The van der Waals surface area contributed by atoms with E-state index in [0.717, 1.165) is 6.07 Å². The zero-order chi connectivity index (χ0) is 14.0. The van der Waals surface area contributed by atoms with Crippen LogP contribution in [0.5, 0.6) is 5.75 Å². The molecule has 0 unspecified atom stereocenters. The van der Waals surface area contributed by atoms with E-state index in [4.69, 9.17) is 4.74 Å². The van der Waals surface area contributed by atoms with Gasteiger partial charge < -0.3 is 4.74 Å². The van der Waals surface area contributed by atoms with Gasteiger partial charge in [-0.25, -0.2) is 12.8 Å². The lowest BCUT2D eigenvalue weighted by atomic mass is 10.3. The molecule has 0 amide bonds. The number of nitrogens with zero attached hydrogens (tertiary/aromatic N) is 1. The predicted molar refractivity (Wildman–Crippen MR) is 67.1 cm³/mol. The first-order valence-corrected chi connectivity index (χ1v) is 6.78. The summed E-state index contributed by atoms with van der Waals surface area (Å²) in [5.41, 5.74) is 0.514. The van der Waals surface area contributed by atoms with E-state index in [9.17, 15) is 12.8 Å². The van der Waals surface area contributed by atoms with Crippen molar-refractivity contribution in [2.75, 3.05) is 11.8 Å². The van der Waals surface area contributed by atoms with E-state index in [1.807, 2.05) is 0 Å². The number of methoxy groups -OCH3 is 1. The van der Waals surface area contributed by atoms with Crippen LogP contribution in [0.3, 0.4) is 0 Å². The van der Waals surface area contributed by atoms with E-state index in [2.05, 4.69) is 14.9 Å². The van der Waals surface area contributed by atoms with Crippen LogP contribution < -0.4 is 9.46 Å². The summed E-state index contributed by atoms with van der Waals surface area (Å²) >= 11 is 0. The molecule has 0 aliphatic carbocycles. The molecule has 6 nitrogen and oxygen atoms in total. The first-order chi connectivity index (χ1) is 8.94. The maximum absolute atomic E-state index is 13.5.